The van der Waals surface area contributed by atoms with Crippen molar-refractivity contribution in [1.29, 1.82) is 0 Å². The highest BCUT2D eigenvalue weighted by Crippen LogP contribution is 2.16. The number of halogens is 2. The molecule has 0 atom stereocenters. The van der Waals surface area contributed by atoms with Gasteiger partial charge in [-0.05, 0) is 31.5 Å². The number of alkyl halides is 2. The Labute approximate surface area is 82.0 Å². The Morgan fingerprint density at radius 2 is 1.79 bits per heavy atom. The van der Waals surface area contributed by atoms with Gasteiger partial charge in [0.2, 0.25) is 0 Å². The van der Waals surface area contributed by atoms with Gasteiger partial charge in [-0.25, -0.2) is 0 Å². The summed E-state index contributed by atoms with van der Waals surface area (Å²) in [6.07, 6.45) is 1.96. The monoisotopic (exact) mass is 198 g/mol. The van der Waals surface area contributed by atoms with Gasteiger partial charge in [-0.3, -0.25) is 0 Å². The first-order valence-electron chi connectivity index (χ1n) is 4.27. The number of ether oxygens (including phenoxy) is 1. The highest BCUT2D eigenvalue weighted by molar-refractivity contribution is 5.52. The SMILES string of the molecule is CC(C)=Cc1ccc(OC(F)F)cc1. The zero-order chi connectivity index (χ0) is 10.6. The molecule has 0 radical (unpaired) electrons. The molecule has 0 N–H and O–H groups in total. The van der Waals surface area contributed by atoms with Crippen molar-refractivity contribution in [3.8, 4) is 5.75 Å². The molecular formula is C11H12F2O. The van der Waals surface area contributed by atoms with Crippen LogP contribution in [0.3, 0.4) is 0 Å². The Kier molecular flexibility index (Phi) is 3.63. The standard InChI is InChI=1S/C11H12F2O/c1-8(2)7-9-3-5-10(6-4-9)14-11(12)13/h3-7,11H,1-2H3. The van der Waals surface area contributed by atoms with Crippen LogP contribution in [0, 0.1) is 0 Å². The highest BCUT2D eigenvalue weighted by Gasteiger charge is 2.02. The Bertz CT molecular complexity index is 311. The maximum Gasteiger partial charge on any atom is 0.387 e. The van der Waals surface area contributed by atoms with Crippen molar-refractivity contribution in [1.82, 2.24) is 0 Å². The Morgan fingerprint density at radius 3 is 2.21 bits per heavy atom. The van der Waals surface area contributed by atoms with Gasteiger partial charge in [-0.2, -0.15) is 8.78 Å². The fourth-order valence-electron chi connectivity index (χ4n) is 1.08. The van der Waals surface area contributed by atoms with E-state index in [9.17, 15) is 8.78 Å². The van der Waals surface area contributed by atoms with E-state index in [1.54, 1.807) is 12.1 Å². The van der Waals surface area contributed by atoms with Crippen molar-refractivity contribution < 1.29 is 13.5 Å². The minimum atomic E-state index is -2.76. The molecule has 0 heterocycles. The molecule has 0 bridgehead atoms. The molecule has 0 aliphatic carbocycles. The van der Waals surface area contributed by atoms with Gasteiger partial charge in [0.15, 0.2) is 0 Å². The van der Waals surface area contributed by atoms with Crippen LogP contribution >= 0.6 is 0 Å². The van der Waals surface area contributed by atoms with Crippen LogP contribution in [0.15, 0.2) is 29.8 Å². The molecule has 3 heteroatoms. The molecule has 14 heavy (non-hydrogen) atoms. The largest absolute Gasteiger partial charge is 0.435 e. The average molecular weight is 198 g/mol. The number of hydrogen-bond acceptors (Lipinski definition) is 1. The molecule has 0 saturated carbocycles. The molecule has 76 valence electrons. The van der Waals surface area contributed by atoms with E-state index < -0.39 is 6.61 Å². The summed E-state index contributed by atoms with van der Waals surface area (Å²) in [5.41, 5.74) is 2.14. The third-order valence-corrected chi connectivity index (χ3v) is 1.56. The Morgan fingerprint density at radius 1 is 1.21 bits per heavy atom. The van der Waals surface area contributed by atoms with Crippen LogP contribution in [-0.2, 0) is 0 Å². The molecule has 1 aromatic carbocycles. The van der Waals surface area contributed by atoms with Crippen LogP contribution in [0.4, 0.5) is 8.78 Å². The molecule has 0 fully saturated rings. The lowest BCUT2D eigenvalue weighted by Crippen LogP contribution is -2.01. The van der Waals surface area contributed by atoms with Crippen molar-refractivity contribution in [2.75, 3.05) is 0 Å². The van der Waals surface area contributed by atoms with Gasteiger partial charge >= 0.3 is 6.61 Å². The zero-order valence-corrected chi connectivity index (χ0v) is 8.13. The summed E-state index contributed by atoms with van der Waals surface area (Å²) >= 11 is 0. The van der Waals surface area contributed by atoms with Crippen molar-refractivity contribution in [3.05, 3.63) is 35.4 Å². The van der Waals surface area contributed by atoms with Gasteiger partial charge in [0.25, 0.3) is 0 Å². The molecule has 0 amide bonds. The Hall–Kier alpha value is -1.38. The number of allylic oxidation sites excluding steroid dienone is 1. The smallest absolute Gasteiger partial charge is 0.387 e. The molecule has 0 aliphatic heterocycles. The lowest BCUT2D eigenvalue weighted by atomic mass is 10.1. The lowest BCUT2D eigenvalue weighted by Gasteiger charge is -2.03. The summed E-state index contributed by atoms with van der Waals surface area (Å²) in [7, 11) is 0. The van der Waals surface area contributed by atoms with Gasteiger partial charge in [-0.1, -0.05) is 23.8 Å². The summed E-state index contributed by atoms with van der Waals surface area (Å²) in [6.45, 7) is 1.19. The van der Waals surface area contributed by atoms with Gasteiger partial charge < -0.3 is 4.74 Å². The van der Waals surface area contributed by atoms with E-state index in [4.69, 9.17) is 0 Å². The fraction of sp³-hybridized carbons (Fsp3) is 0.273. The molecule has 1 nitrogen and oxygen atoms in total. The molecule has 1 aromatic rings. The summed E-state index contributed by atoms with van der Waals surface area (Å²) < 4.78 is 27.8. The lowest BCUT2D eigenvalue weighted by molar-refractivity contribution is -0.0498. The topological polar surface area (TPSA) is 9.23 Å². The van der Waals surface area contributed by atoms with Crippen molar-refractivity contribution in [2.45, 2.75) is 20.5 Å². The van der Waals surface area contributed by atoms with Crippen molar-refractivity contribution in [3.63, 3.8) is 0 Å². The first-order chi connectivity index (χ1) is 6.58. The van der Waals surface area contributed by atoms with Crippen molar-refractivity contribution in [2.24, 2.45) is 0 Å². The fourth-order valence-corrected chi connectivity index (χ4v) is 1.08. The van der Waals surface area contributed by atoms with E-state index in [-0.39, 0.29) is 5.75 Å². The maximum atomic E-state index is 11.8. The van der Waals surface area contributed by atoms with Crippen molar-refractivity contribution >= 4 is 6.08 Å². The zero-order valence-electron chi connectivity index (χ0n) is 8.13. The van der Waals surface area contributed by atoms with Gasteiger partial charge in [0.05, 0.1) is 0 Å². The molecule has 0 aliphatic rings. The average Bonchev–Trinajstić information content (AvgIpc) is 2.06. The molecular weight excluding hydrogens is 186 g/mol. The number of hydrogen-bond donors (Lipinski definition) is 0. The third-order valence-electron chi connectivity index (χ3n) is 1.56. The summed E-state index contributed by atoms with van der Waals surface area (Å²) in [4.78, 5) is 0. The number of benzene rings is 1. The quantitative estimate of drug-likeness (QED) is 0.719. The van der Waals surface area contributed by atoms with Crippen LogP contribution in [0.2, 0.25) is 0 Å². The van der Waals surface area contributed by atoms with Gasteiger partial charge in [-0.15, -0.1) is 0 Å². The minimum absolute atomic E-state index is 0.186. The van der Waals surface area contributed by atoms with Gasteiger partial charge in [0, 0.05) is 0 Å². The van der Waals surface area contributed by atoms with Crippen LogP contribution < -0.4 is 4.74 Å². The minimum Gasteiger partial charge on any atom is -0.435 e. The van der Waals surface area contributed by atoms with E-state index in [1.807, 2.05) is 19.9 Å². The molecule has 0 unspecified atom stereocenters. The second kappa shape index (κ2) is 4.74. The van der Waals surface area contributed by atoms with Crippen LogP contribution in [0.5, 0.6) is 5.75 Å². The molecule has 0 saturated heterocycles. The first-order valence-corrected chi connectivity index (χ1v) is 4.27. The highest BCUT2D eigenvalue weighted by atomic mass is 19.3. The number of rotatable bonds is 3. The van der Waals surface area contributed by atoms with Crippen LogP contribution in [0.25, 0.3) is 6.08 Å². The van der Waals surface area contributed by atoms with Crippen LogP contribution in [-0.4, -0.2) is 6.61 Å². The van der Waals surface area contributed by atoms with E-state index in [1.165, 1.54) is 12.1 Å². The van der Waals surface area contributed by atoms with E-state index >= 15 is 0 Å². The van der Waals surface area contributed by atoms with E-state index in [2.05, 4.69) is 4.74 Å². The Balaban J connectivity index is 2.74. The second-order valence-electron chi connectivity index (χ2n) is 3.17. The summed E-state index contributed by atoms with van der Waals surface area (Å²) in [6, 6.07) is 6.54. The third kappa shape index (κ3) is 3.56. The molecule has 0 spiro atoms. The summed E-state index contributed by atoms with van der Waals surface area (Å²) in [5, 5.41) is 0. The normalized spacial score (nSPS) is 10.1. The molecule has 1 rings (SSSR count). The predicted molar refractivity (Wildman–Crippen MR) is 52.4 cm³/mol. The van der Waals surface area contributed by atoms with E-state index in [0.29, 0.717) is 0 Å². The maximum absolute atomic E-state index is 11.8. The van der Waals surface area contributed by atoms with E-state index in [0.717, 1.165) is 11.1 Å². The first kappa shape index (κ1) is 10.7. The second-order valence-corrected chi connectivity index (χ2v) is 3.17. The molecule has 0 aromatic heterocycles. The van der Waals surface area contributed by atoms with Crippen LogP contribution in [0.1, 0.15) is 19.4 Å². The predicted octanol–water partition coefficient (Wildman–Crippen LogP) is 3.71. The van der Waals surface area contributed by atoms with Gasteiger partial charge in [0.1, 0.15) is 5.75 Å². The summed E-state index contributed by atoms with van der Waals surface area (Å²) in [5.74, 6) is 0.186.